The van der Waals surface area contributed by atoms with Gasteiger partial charge >= 0.3 is 0 Å². The molecule has 9 heteroatoms. The first-order valence-electron chi connectivity index (χ1n) is 11.2. The van der Waals surface area contributed by atoms with Crippen LogP contribution in [0.25, 0.3) is 11.4 Å². The summed E-state index contributed by atoms with van der Waals surface area (Å²) in [4.78, 5) is 35.4. The molecule has 0 aliphatic carbocycles. The quantitative estimate of drug-likeness (QED) is 0.638. The number of aromatic nitrogens is 3. The SMILES string of the molecule is O=C1CCN(C(=O)COc2ccccc2)CCCC(c2nc(-c3cccnc3)no2)CCN1. The number of carbonyl (C=O) groups excluding carboxylic acids is 2. The van der Waals surface area contributed by atoms with Gasteiger partial charge in [-0.15, -0.1) is 0 Å². The number of carbonyl (C=O) groups is 2. The van der Waals surface area contributed by atoms with Crippen molar-refractivity contribution in [2.45, 2.75) is 31.6 Å². The molecule has 0 radical (unpaired) electrons. The molecule has 0 bridgehead atoms. The smallest absolute Gasteiger partial charge is 0.260 e. The largest absolute Gasteiger partial charge is 0.484 e. The number of hydrogen-bond donors (Lipinski definition) is 1. The molecule has 1 fully saturated rings. The molecule has 3 aromatic rings. The van der Waals surface area contributed by atoms with E-state index in [1.807, 2.05) is 42.5 Å². The van der Waals surface area contributed by atoms with Crippen molar-refractivity contribution in [2.24, 2.45) is 0 Å². The summed E-state index contributed by atoms with van der Waals surface area (Å²) >= 11 is 0. The molecule has 0 spiro atoms. The number of nitrogens with one attached hydrogen (secondary N) is 1. The first-order valence-corrected chi connectivity index (χ1v) is 11.2. The van der Waals surface area contributed by atoms with E-state index >= 15 is 0 Å². The third-order valence-electron chi connectivity index (χ3n) is 5.57. The van der Waals surface area contributed by atoms with Gasteiger partial charge in [-0.3, -0.25) is 14.6 Å². The van der Waals surface area contributed by atoms with Gasteiger partial charge in [0.2, 0.25) is 17.6 Å². The van der Waals surface area contributed by atoms with E-state index in [9.17, 15) is 9.59 Å². The van der Waals surface area contributed by atoms with Crippen LogP contribution in [0.1, 0.15) is 37.5 Å². The monoisotopic (exact) mass is 449 g/mol. The topological polar surface area (TPSA) is 110 Å². The molecular formula is C24H27N5O4. The second-order valence-corrected chi connectivity index (χ2v) is 7.91. The Balaban J connectivity index is 1.39. The predicted molar refractivity (Wildman–Crippen MR) is 120 cm³/mol. The number of amides is 2. The summed E-state index contributed by atoms with van der Waals surface area (Å²) in [6.07, 6.45) is 5.83. The number of nitrogens with zero attached hydrogens (tertiary/aromatic N) is 4. The number of hydrogen-bond acceptors (Lipinski definition) is 7. The molecule has 172 valence electrons. The molecule has 9 nitrogen and oxygen atoms in total. The van der Waals surface area contributed by atoms with Crippen LogP contribution in [0.4, 0.5) is 0 Å². The van der Waals surface area contributed by atoms with Crippen LogP contribution in [0, 0.1) is 0 Å². The first kappa shape index (κ1) is 22.4. The fraction of sp³-hybridized carbons (Fsp3) is 0.375. The van der Waals surface area contributed by atoms with Gasteiger partial charge in [0.25, 0.3) is 5.91 Å². The van der Waals surface area contributed by atoms with Crippen molar-refractivity contribution in [3.8, 4) is 17.1 Å². The van der Waals surface area contributed by atoms with Crippen molar-refractivity contribution in [3.05, 3.63) is 60.7 Å². The van der Waals surface area contributed by atoms with Crippen LogP contribution < -0.4 is 10.1 Å². The van der Waals surface area contributed by atoms with E-state index < -0.39 is 0 Å². The van der Waals surface area contributed by atoms with E-state index in [-0.39, 0.29) is 30.8 Å². The highest BCUT2D eigenvalue weighted by Gasteiger charge is 2.23. The van der Waals surface area contributed by atoms with Gasteiger partial charge in [0.05, 0.1) is 0 Å². The molecule has 1 unspecified atom stereocenters. The fourth-order valence-corrected chi connectivity index (χ4v) is 3.76. The van der Waals surface area contributed by atoms with Gasteiger partial charge in [0.15, 0.2) is 6.61 Å². The van der Waals surface area contributed by atoms with Crippen LogP contribution in [0.5, 0.6) is 5.75 Å². The van der Waals surface area contributed by atoms with Crippen molar-refractivity contribution in [2.75, 3.05) is 26.2 Å². The van der Waals surface area contributed by atoms with E-state index in [1.54, 1.807) is 17.3 Å². The molecule has 1 atom stereocenters. The molecule has 1 aromatic carbocycles. The Morgan fingerprint density at radius 1 is 1.15 bits per heavy atom. The molecule has 4 rings (SSSR count). The number of benzene rings is 1. The minimum absolute atomic E-state index is 0.0150. The Bertz CT molecular complexity index is 1040. The van der Waals surface area contributed by atoms with Gasteiger partial charge < -0.3 is 19.5 Å². The van der Waals surface area contributed by atoms with Crippen LogP contribution >= 0.6 is 0 Å². The Morgan fingerprint density at radius 3 is 2.85 bits per heavy atom. The maximum atomic E-state index is 12.8. The molecule has 3 heterocycles. The maximum Gasteiger partial charge on any atom is 0.260 e. The van der Waals surface area contributed by atoms with E-state index in [4.69, 9.17) is 9.26 Å². The van der Waals surface area contributed by atoms with Gasteiger partial charge in [-0.1, -0.05) is 23.4 Å². The number of rotatable bonds is 5. The van der Waals surface area contributed by atoms with Crippen LogP contribution in [0.3, 0.4) is 0 Å². The normalized spacial score (nSPS) is 17.6. The zero-order valence-electron chi connectivity index (χ0n) is 18.4. The van der Waals surface area contributed by atoms with E-state index in [2.05, 4.69) is 20.4 Å². The third kappa shape index (κ3) is 6.38. The highest BCUT2D eigenvalue weighted by molar-refractivity contribution is 5.80. The molecule has 1 N–H and O–H groups in total. The summed E-state index contributed by atoms with van der Waals surface area (Å²) in [6, 6.07) is 12.9. The van der Waals surface area contributed by atoms with E-state index in [1.165, 1.54) is 0 Å². The number of pyridine rings is 1. The van der Waals surface area contributed by atoms with Crippen molar-refractivity contribution in [1.82, 2.24) is 25.3 Å². The average Bonchev–Trinajstić information content (AvgIpc) is 3.33. The minimum Gasteiger partial charge on any atom is -0.484 e. The summed E-state index contributed by atoms with van der Waals surface area (Å²) in [5, 5.41) is 7.02. The zero-order valence-corrected chi connectivity index (χ0v) is 18.4. The summed E-state index contributed by atoms with van der Waals surface area (Å²) in [7, 11) is 0. The molecule has 1 saturated heterocycles. The Kier molecular flexibility index (Phi) is 7.63. The van der Waals surface area contributed by atoms with Crippen molar-refractivity contribution >= 4 is 11.8 Å². The lowest BCUT2D eigenvalue weighted by Gasteiger charge is -2.22. The Labute approximate surface area is 192 Å². The maximum absolute atomic E-state index is 12.8. The van der Waals surface area contributed by atoms with Crippen molar-refractivity contribution in [1.29, 1.82) is 0 Å². The van der Waals surface area contributed by atoms with Crippen molar-refractivity contribution in [3.63, 3.8) is 0 Å². The Morgan fingerprint density at radius 2 is 2.03 bits per heavy atom. The van der Waals surface area contributed by atoms with Crippen LogP contribution in [-0.2, 0) is 9.59 Å². The fourth-order valence-electron chi connectivity index (χ4n) is 3.76. The second kappa shape index (κ2) is 11.2. The van der Waals surface area contributed by atoms with Gasteiger partial charge in [-0.05, 0) is 43.5 Å². The summed E-state index contributed by atoms with van der Waals surface area (Å²) in [5.41, 5.74) is 0.785. The first-order chi connectivity index (χ1) is 16.2. The standard InChI is InChI=1S/C24H27N5O4/c30-21-11-15-29(22(31)17-32-20-8-2-1-3-9-20)14-5-7-18(10-13-26-21)24-27-23(28-33-24)19-6-4-12-25-16-19/h1-4,6,8-9,12,16,18H,5,7,10-11,13-15,17H2,(H,26,30). The lowest BCUT2D eigenvalue weighted by molar-refractivity contribution is -0.134. The molecule has 0 saturated carbocycles. The highest BCUT2D eigenvalue weighted by Crippen LogP contribution is 2.26. The second-order valence-electron chi connectivity index (χ2n) is 7.91. The van der Waals surface area contributed by atoms with Gasteiger partial charge in [-0.25, -0.2) is 0 Å². The molecule has 1 aliphatic heterocycles. The molecule has 33 heavy (non-hydrogen) atoms. The average molecular weight is 450 g/mol. The van der Waals surface area contributed by atoms with Gasteiger partial charge in [0, 0.05) is 49.9 Å². The third-order valence-corrected chi connectivity index (χ3v) is 5.57. The molecule has 1 aliphatic rings. The predicted octanol–water partition coefficient (Wildman–Crippen LogP) is 2.81. The summed E-state index contributed by atoms with van der Waals surface area (Å²) < 4.78 is 11.2. The van der Waals surface area contributed by atoms with Crippen LogP contribution in [-0.4, -0.2) is 58.1 Å². The van der Waals surface area contributed by atoms with Gasteiger partial charge in [-0.2, -0.15) is 4.98 Å². The van der Waals surface area contributed by atoms with E-state index in [0.29, 0.717) is 43.5 Å². The Hall–Kier alpha value is -3.75. The highest BCUT2D eigenvalue weighted by atomic mass is 16.5. The van der Waals surface area contributed by atoms with E-state index in [0.717, 1.165) is 18.4 Å². The lowest BCUT2D eigenvalue weighted by atomic mass is 9.99. The van der Waals surface area contributed by atoms with Crippen molar-refractivity contribution < 1.29 is 18.8 Å². The molecule has 2 aromatic heterocycles. The van der Waals surface area contributed by atoms with Crippen LogP contribution in [0.15, 0.2) is 59.4 Å². The zero-order chi connectivity index (χ0) is 22.9. The van der Waals surface area contributed by atoms with Gasteiger partial charge in [0.1, 0.15) is 5.75 Å². The van der Waals surface area contributed by atoms with Crippen LogP contribution in [0.2, 0.25) is 0 Å². The molecule has 2 amide bonds. The lowest BCUT2D eigenvalue weighted by Crippen LogP contribution is -2.38. The summed E-state index contributed by atoms with van der Waals surface area (Å²) in [5.74, 6) is 1.43. The molecular weight excluding hydrogens is 422 g/mol. The summed E-state index contributed by atoms with van der Waals surface area (Å²) in [6.45, 7) is 1.34. The number of para-hydroxylation sites is 1. The minimum atomic E-state index is -0.140. The number of ether oxygens (including phenoxy) is 1.